The van der Waals surface area contributed by atoms with Gasteiger partial charge in [-0.2, -0.15) is 4.58 Å². The van der Waals surface area contributed by atoms with Gasteiger partial charge in [0.2, 0.25) is 11.9 Å². The van der Waals surface area contributed by atoms with Crippen molar-refractivity contribution < 1.29 is 33.2 Å². The number of carbonyl (C=O) groups is 2. The van der Waals surface area contributed by atoms with Gasteiger partial charge in [0.25, 0.3) is 5.91 Å². The van der Waals surface area contributed by atoms with Gasteiger partial charge in [-0.25, -0.2) is 0 Å². The molecule has 3 atom stereocenters. The van der Waals surface area contributed by atoms with E-state index in [0.717, 1.165) is 55.2 Å². The Hall–Kier alpha value is -4.94. The summed E-state index contributed by atoms with van der Waals surface area (Å²) >= 11 is 1.58. The Bertz CT molecular complexity index is 1780. The first-order valence-corrected chi connectivity index (χ1v) is 17.9. The number of carbonyl (C=O) groups excluding carboxylic acids is 2. The molecule has 3 aromatic carbocycles. The fourth-order valence-electron chi connectivity index (χ4n) is 6.65. The predicted molar refractivity (Wildman–Crippen MR) is 193 cm³/mol. The van der Waals surface area contributed by atoms with E-state index in [4.69, 9.17) is 13.9 Å². The molecular weight excluding hydrogens is 655 g/mol. The van der Waals surface area contributed by atoms with Crippen LogP contribution in [-0.2, 0) is 32.2 Å². The molecule has 2 unspecified atom stereocenters. The molecule has 0 spiro atoms. The van der Waals surface area contributed by atoms with Crippen LogP contribution in [0.1, 0.15) is 35.0 Å². The molecule has 7 rings (SSSR count). The quantitative estimate of drug-likeness (QED) is 0.162. The number of hydrogen-bond acceptors (Lipinski definition) is 8. The number of nitrogens with zero attached hydrogens (tertiary/aromatic N) is 4. The monoisotopic (exact) mass is 696 g/mol. The number of aliphatic hydroxyl groups is 1. The van der Waals surface area contributed by atoms with Crippen molar-refractivity contribution in [3.8, 4) is 0 Å². The van der Waals surface area contributed by atoms with Gasteiger partial charge in [0.1, 0.15) is 17.6 Å². The molecule has 4 heterocycles. The van der Waals surface area contributed by atoms with Crippen LogP contribution in [-0.4, -0.2) is 83.9 Å². The summed E-state index contributed by atoms with van der Waals surface area (Å²) in [4.78, 5) is 33.7. The highest BCUT2D eigenvalue weighted by atomic mass is 32.2. The minimum atomic E-state index is -0.549. The number of amides is 2. The number of rotatable bonds is 10. The second-order valence-corrected chi connectivity index (χ2v) is 13.8. The van der Waals surface area contributed by atoms with E-state index in [1.54, 1.807) is 22.6 Å². The average Bonchev–Trinajstić information content (AvgIpc) is 3.94. The molecule has 0 aliphatic carbocycles. The fourth-order valence-corrected chi connectivity index (χ4v) is 8.09. The Labute approximate surface area is 296 Å². The Morgan fingerprint density at radius 1 is 1.02 bits per heavy atom. The van der Waals surface area contributed by atoms with Crippen LogP contribution >= 0.6 is 11.8 Å². The molecule has 12 heteroatoms. The molecule has 4 aromatic rings. The van der Waals surface area contributed by atoms with Crippen molar-refractivity contribution in [2.45, 2.75) is 42.8 Å². The topological polar surface area (TPSA) is 111 Å². The van der Waals surface area contributed by atoms with E-state index in [9.17, 15) is 14.7 Å². The summed E-state index contributed by atoms with van der Waals surface area (Å²) in [6, 6.07) is 28.7. The van der Waals surface area contributed by atoms with Crippen LogP contribution in [0.2, 0.25) is 0 Å². The van der Waals surface area contributed by atoms with Crippen LogP contribution in [0, 0.1) is 0 Å². The third-order valence-corrected chi connectivity index (χ3v) is 11.0. The Morgan fingerprint density at radius 2 is 1.78 bits per heavy atom. The highest BCUT2D eigenvalue weighted by Crippen LogP contribution is 2.45. The molecule has 50 heavy (non-hydrogen) atoms. The lowest BCUT2D eigenvalue weighted by atomic mass is 10.1. The number of benzene rings is 3. The molecule has 2 N–H and O–H groups in total. The standard InChI is InChI=1S/C38H41N5O6S/c1-40(30-15-17-31(18-16-30)41-20-23-47-24-21-41)37-43(25-32-9-6-22-48-32)36(45)34(50-37)28-11-13-29(14-12-28)39-35(44)33-10-5-19-42(33)38(46)49-26-27-7-3-2-4-8-27/h2-4,6-9,11-18,22,33-34,37H,5,10,19-21,23-26H2,1H3,(H,39,44)/p+1/t33-,34?,37?/m0/s1. The molecule has 3 saturated heterocycles. The van der Waals surface area contributed by atoms with Gasteiger partial charge in [0, 0.05) is 50.0 Å². The Balaban J connectivity index is 1.03. The Kier molecular flexibility index (Phi) is 10.3. The summed E-state index contributed by atoms with van der Waals surface area (Å²) in [7, 11) is 2.01. The number of hydrogen-bond donors (Lipinski definition) is 2. The number of anilines is 3. The first kappa shape index (κ1) is 33.6. The molecule has 260 valence electrons. The zero-order valence-electron chi connectivity index (χ0n) is 28.0. The molecule has 0 radical (unpaired) electrons. The Morgan fingerprint density at radius 3 is 2.50 bits per heavy atom. The van der Waals surface area contributed by atoms with E-state index in [1.165, 1.54) is 0 Å². The number of thioether (sulfide) groups is 1. The third kappa shape index (κ3) is 7.46. The minimum absolute atomic E-state index is 0.00640. The van der Waals surface area contributed by atoms with E-state index in [2.05, 4.69) is 39.4 Å². The van der Waals surface area contributed by atoms with Gasteiger partial charge in [-0.3, -0.25) is 9.59 Å². The molecular formula is C38H42N5O6S+. The first-order chi connectivity index (χ1) is 24.4. The summed E-state index contributed by atoms with van der Waals surface area (Å²) in [5, 5.41) is 13.2. The van der Waals surface area contributed by atoms with E-state index in [0.29, 0.717) is 31.0 Å². The van der Waals surface area contributed by atoms with Crippen LogP contribution < -0.4 is 15.1 Å². The van der Waals surface area contributed by atoms with Crippen molar-refractivity contribution in [1.29, 1.82) is 0 Å². The third-order valence-electron chi connectivity index (χ3n) is 9.40. The molecule has 3 aliphatic rings. The predicted octanol–water partition coefficient (Wildman–Crippen LogP) is 5.60. The summed E-state index contributed by atoms with van der Waals surface area (Å²) in [6.45, 7) is 4.29. The zero-order chi connectivity index (χ0) is 34.5. The summed E-state index contributed by atoms with van der Waals surface area (Å²) in [6.07, 6.45) is 2.74. The smallest absolute Gasteiger partial charge is 0.467 e. The van der Waals surface area contributed by atoms with Crippen molar-refractivity contribution in [2.75, 3.05) is 55.0 Å². The summed E-state index contributed by atoms with van der Waals surface area (Å²) in [5.41, 5.74) is 4.29. The maximum atomic E-state index is 14.0. The molecule has 1 aromatic heterocycles. The number of ether oxygens (including phenoxy) is 2. The van der Waals surface area contributed by atoms with Crippen molar-refractivity contribution in [3.05, 3.63) is 114 Å². The molecule has 2 amide bonds. The maximum absolute atomic E-state index is 14.0. The molecule has 0 bridgehead atoms. The highest BCUT2D eigenvalue weighted by molar-refractivity contribution is 8.01. The van der Waals surface area contributed by atoms with Gasteiger partial charge in [0.05, 0.1) is 26.0 Å². The molecule has 11 nitrogen and oxygen atoms in total. The lowest BCUT2D eigenvalue weighted by Gasteiger charge is -2.33. The van der Waals surface area contributed by atoms with Crippen molar-refractivity contribution in [2.24, 2.45) is 0 Å². The summed E-state index contributed by atoms with van der Waals surface area (Å²) < 4.78 is 18.4. The van der Waals surface area contributed by atoms with Gasteiger partial charge >= 0.3 is 6.08 Å². The van der Waals surface area contributed by atoms with Gasteiger partial charge in [-0.05, 0) is 59.7 Å². The van der Waals surface area contributed by atoms with Crippen molar-refractivity contribution in [1.82, 2.24) is 4.90 Å². The molecule has 3 fully saturated rings. The van der Waals surface area contributed by atoms with Crippen LogP contribution in [0.25, 0.3) is 0 Å². The van der Waals surface area contributed by atoms with Gasteiger partial charge in [-0.15, -0.1) is 0 Å². The van der Waals surface area contributed by atoms with E-state index in [1.807, 2.05) is 78.7 Å². The van der Waals surface area contributed by atoms with E-state index >= 15 is 0 Å². The molecule has 3 aliphatic heterocycles. The van der Waals surface area contributed by atoms with Gasteiger partial charge < -0.3 is 39.0 Å². The SMILES string of the molecule is CN(c1ccc(N2CCOCC2)cc1)C1SC(c2ccc(NC(=O)[C@@H]3CCC[N+]3=C(O)OCc3ccccc3)cc2)C(=O)N1Cc1ccco1. The van der Waals surface area contributed by atoms with E-state index in [-0.39, 0.29) is 30.0 Å². The second-order valence-electron chi connectivity index (χ2n) is 12.6. The van der Waals surface area contributed by atoms with Crippen LogP contribution in [0.4, 0.5) is 17.1 Å². The normalized spacial score (nSPS) is 21.7. The van der Waals surface area contributed by atoms with Gasteiger partial charge in [-0.1, -0.05) is 54.2 Å². The number of aliphatic hydroxyl groups excluding tert-OH is 1. The lowest BCUT2D eigenvalue weighted by molar-refractivity contribution is -0.547. The highest BCUT2D eigenvalue weighted by Gasteiger charge is 2.44. The van der Waals surface area contributed by atoms with E-state index < -0.39 is 11.3 Å². The van der Waals surface area contributed by atoms with Crippen molar-refractivity contribution in [3.63, 3.8) is 0 Å². The van der Waals surface area contributed by atoms with Crippen molar-refractivity contribution >= 4 is 46.7 Å². The minimum Gasteiger partial charge on any atom is -0.467 e. The zero-order valence-corrected chi connectivity index (χ0v) is 28.8. The largest absolute Gasteiger partial charge is 0.547 e. The fraction of sp³-hybridized carbons (Fsp3) is 0.342. The summed E-state index contributed by atoms with van der Waals surface area (Å²) in [5.74, 6) is 0.490. The molecule has 0 saturated carbocycles. The van der Waals surface area contributed by atoms with Crippen LogP contribution in [0.5, 0.6) is 0 Å². The number of morpholine rings is 1. The maximum Gasteiger partial charge on any atom is 0.547 e. The second kappa shape index (κ2) is 15.3. The van der Waals surface area contributed by atoms with Crippen LogP contribution in [0.3, 0.4) is 0 Å². The van der Waals surface area contributed by atoms with Crippen LogP contribution in [0.15, 0.2) is 102 Å². The number of nitrogens with one attached hydrogen (secondary N) is 1. The first-order valence-electron chi connectivity index (χ1n) is 17.0. The number of furan rings is 1. The lowest BCUT2D eigenvalue weighted by Crippen LogP contribution is -2.42. The van der Waals surface area contributed by atoms with Gasteiger partial charge in [0.15, 0.2) is 12.0 Å². The average molecular weight is 697 g/mol.